The average molecular weight is 458 g/mol. The Kier molecular flexibility index (Phi) is 7.37. The summed E-state index contributed by atoms with van der Waals surface area (Å²) in [5.41, 5.74) is 2.56. The number of para-hydroxylation sites is 1. The summed E-state index contributed by atoms with van der Waals surface area (Å²) in [6.07, 6.45) is 3.59. The summed E-state index contributed by atoms with van der Waals surface area (Å²) in [6.45, 7) is 6.72. The number of anilines is 2. The van der Waals surface area contributed by atoms with Gasteiger partial charge in [-0.25, -0.2) is 8.51 Å². The normalized spacial score (nSPS) is 17.7. The molecule has 2 heterocycles. The van der Waals surface area contributed by atoms with E-state index >= 15 is 0 Å². The molecule has 1 atom stereocenters. The van der Waals surface area contributed by atoms with Gasteiger partial charge in [0.15, 0.2) is 0 Å². The van der Waals surface area contributed by atoms with E-state index in [9.17, 15) is 4.21 Å². The minimum Gasteiger partial charge on any atom is -0.369 e. The molecule has 1 unspecified atom stereocenters. The second-order valence-electron chi connectivity index (χ2n) is 7.63. The molecule has 1 N–H and O–H groups in total. The fourth-order valence-corrected chi connectivity index (χ4v) is 6.82. The predicted molar refractivity (Wildman–Crippen MR) is 125 cm³/mol. The lowest BCUT2D eigenvalue weighted by atomic mass is 9.78. The van der Waals surface area contributed by atoms with Crippen LogP contribution in [0.15, 0.2) is 38.8 Å². The lowest BCUT2D eigenvalue weighted by Crippen LogP contribution is -2.38. The smallest absolute Gasteiger partial charge is 0.137 e. The Morgan fingerprint density at radius 3 is 2.64 bits per heavy atom. The van der Waals surface area contributed by atoms with Gasteiger partial charge in [-0.2, -0.15) is 0 Å². The number of halogens is 1. The summed E-state index contributed by atoms with van der Waals surface area (Å²) in [4.78, 5) is 2.41. The first kappa shape index (κ1) is 22.0. The highest BCUT2D eigenvalue weighted by Gasteiger charge is 2.30. The molecule has 4 nitrogen and oxygen atoms in total. The third kappa shape index (κ3) is 5.05. The van der Waals surface area contributed by atoms with E-state index < -0.39 is 11.0 Å². The first-order chi connectivity index (χ1) is 13.3. The van der Waals surface area contributed by atoms with Crippen LogP contribution in [0.2, 0.25) is 5.02 Å². The Bertz CT molecular complexity index is 832. The predicted octanol–water partition coefficient (Wildman–Crippen LogP) is 6.12. The highest BCUT2D eigenvalue weighted by atomic mass is 35.5. The quantitative estimate of drug-likeness (QED) is 0.508. The summed E-state index contributed by atoms with van der Waals surface area (Å²) in [5.74, 6) is 0. The van der Waals surface area contributed by atoms with Gasteiger partial charge in [0.25, 0.3) is 0 Å². The SMILES string of the molecule is CCC1(C)CCN(c2c(Cl)cccc2NSc2ccc(S(=O)N(C)C)s2)CC1. The average Bonchev–Trinajstić information content (AvgIpc) is 3.15. The van der Waals surface area contributed by atoms with E-state index in [0.717, 1.165) is 37.9 Å². The summed E-state index contributed by atoms with van der Waals surface area (Å²) < 4.78 is 19.3. The van der Waals surface area contributed by atoms with E-state index in [1.54, 1.807) is 27.6 Å². The molecule has 1 fully saturated rings. The molecule has 1 aliphatic rings. The summed E-state index contributed by atoms with van der Waals surface area (Å²) in [7, 11) is 2.54. The van der Waals surface area contributed by atoms with Crippen LogP contribution in [0.1, 0.15) is 33.1 Å². The van der Waals surface area contributed by atoms with Crippen LogP contribution >= 0.6 is 34.9 Å². The van der Waals surface area contributed by atoms with E-state index in [1.807, 2.05) is 38.4 Å². The van der Waals surface area contributed by atoms with Crippen LogP contribution in [0.25, 0.3) is 0 Å². The first-order valence-electron chi connectivity index (χ1n) is 9.48. The van der Waals surface area contributed by atoms with Crippen LogP contribution in [0.4, 0.5) is 11.4 Å². The molecule has 0 spiro atoms. The van der Waals surface area contributed by atoms with Gasteiger partial charge >= 0.3 is 0 Å². The summed E-state index contributed by atoms with van der Waals surface area (Å²) in [5, 5.41) is 0.784. The van der Waals surface area contributed by atoms with Crippen molar-refractivity contribution in [1.82, 2.24) is 4.31 Å². The molecular weight excluding hydrogens is 430 g/mol. The Balaban J connectivity index is 1.72. The molecule has 1 aromatic carbocycles. The first-order valence-corrected chi connectivity index (χ1v) is 12.6. The van der Waals surface area contributed by atoms with Gasteiger partial charge in [0.1, 0.15) is 15.2 Å². The van der Waals surface area contributed by atoms with Gasteiger partial charge in [-0.3, -0.25) is 0 Å². The number of thiophene rings is 1. The van der Waals surface area contributed by atoms with Gasteiger partial charge < -0.3 is 9.62 Å². The van der Waals surface area contributed by atoms with Crippen molar-refractivity contribution in [3.8, 4) is 0 Å². The number of hydrogen-bond acceptors (Lipinski definition) is 5. The number of benzene rings is 1. The third-order valence-corrected chi connectivity index (χ3v) is 9.41. The minimum absolute atomic E-state index is 0.440. The van der Waals surface area contributed by atoms with Crippen molar-refractivity contribution in [2.45, 2.75) is 41.5 Å². The van der Waals surface area contributed by atoms with Crippen LogP contribution in [0.3, 0.4) is 0 Å². The maximum Gasteiger partial charge on any atom is 0.137 e. The highest BCUT2D eigenvalue weighted by Crippen LogP contribution is 2.42. The summed E-state index contributed by atoms with van der Waals surface area (Å²) >= 11 is 9.69. The second-order valence-corrected chi connectivity index (χ2v) is 12.2. The molecule has 8 heteroatoms. The molecule has 2 aromatic rings. The van der Waals surface area contributed by atoms with E-state index in [1.165, 1.54) is 19.3 Å². The third-order valence-electron chi connectivity index (χ3n) is 5.45. The van der Waals surface area contributed by atoms with Crippen LogP contribution in [-0.4, -0.2) is 35.7 Å². The van der Waals surface area contributed by atoms with Crippen molar-refractivity contribution in [3.63, 3.8) is 0 Å². The van der Waals surface area contributed by atoms with E-state index in [0.29, 0.717) is 5.41 Å². The Morgan fingerprint density at radius 2 is 2.00 bits per heavy atom. The molecular formula is C20H28ClN3OS3. The van der Waals surface area contributed by atoms with E-state index in [-0.39, 0.29) is 0 Å². The van der Waals surface area contributed by atoms with Gasteiger partial charge in [-0.1, -0.05) is 37.9 Å². The number of hydrogen-bond donors (Lipinski definition) is 1. The zero-order valence-electron chi connectivity index (χ0n) is 16.8. The Hall–Kier alpha value is -0.730. The minimum atomic E-state index is -1.10. The molecule has 0 radical (unpaired) electrons. The molecule has 0 aliphatic carbocycles. The van der Waals surface area contributed by atoms with Crippen molar-refractivity contribution < 1.29 is 4.21 Å². The van der Waals surface area contributed by atoms with Gasteiger partial charge in [0, 0.05) is 13.1 Å². The lowest BCUT2D eigenvalue weighted by Gasteiger charge is -2.40. The molecule has 0 amide bonds. The summed E-state index contributed by atoms with van der Waals surface area (Å²) in [6, 6.07) is 9.96. The number of rotatable bonds is 7. The van der Waals surface area contributed by atoms with Crippen LogP contribution in [0, 0.1) is 5.41 Å². The van der Waals surface area contributed by atoms with Crippen LogP contribution in [0.5, 0.6) is 0 Å². The molecule has 3 rings (SSSR count). The fraction of sp³-hybridized carbons (Fsp3) is 0.500. The van der Waals surface area contributed by atoms with Crippen molar-refractivity contribution >= 4 is 57.2 Å². The number of nitrogens with zero attached hydrogens (tertiary/aromatic N) is 2. The highest BCUT2D eigenvalue weighted by molar-refractivity contribution is 8.02. The van der Waals surface area contributed by atoms with Crippen molar-refractivity contribution in [2.75, 3.05) is 36.8 Å². The van der Waals surface area contributed by atoms with E-state index in [2.05, 4.69) is 29.5 Å². The zero-order valence-corrected chi connectivity index (χ0v) is 20.0. The van der Waals surface area contributed by atoms with Gasteiger partial charge in [0.05, 0.1) is 20.6 Å². The van der Waals surface area contributed by atoms with Gasteiger partial charge in [-0.15, -0.1) is 11.3 Å². The standard InChI is InChI=1S/C20H28ClN3OS3/c1-5-20(2)11-13-24(14-12-20)19-15(21)7-6-8-16(19)22-27-17-9-10-18(26-17)28(25)23(3)4/h6-10,22H,5,11-14H2,1-4H3. The van der Waals surface area contributed by atoms with Crippen molar-refractivity contribution in [1.29, 1.82) is 0 Å². The number of piperidine rings is 1. The molecule has 0 bridgehead atoms. The largest absolute Gasteiger partial charge is 0.369 e. The molecule has 1 aliphatic heterocycles. The Morgan fingerprint density at radius 1 is 1.29 bits per heavy atom. The lowest BCUT2D eigenvalue weighted by molar-refractivity contribution is 0.238. The molecule has 1 saturated heterocycles. The molecule has 28 heavy (non-hydrogen) atoms. The number of nitrogens with one attached hydrogen (secondary N) is 1. The second kappa shape index (κ2) is 9.39. The zero-order chi connectivity index (χ0) is 20.3. The topological polar surface area (TPSA) is 35.6 Å². The monoisotopic (exact) mass is 457 g/mol. The van der Waals surface area contributed by atoms with Gasteiger partial charge in [-0.05, 0) is 68.6 Å². The maximum absolute atomic E-state index is 12.2. The van der Waals surface area contributed by atoms with E-state index in [4.69, 9.17) is 11.6 Å². The molecule has 0 saturated carbocycles. The Labute approximate surface area is 184 Å². The van der Waals surface area contributed by atoms with Crippen LogP contribution in [-0.2, 0) is 11.0 Å². The molecule has 154 valence electrons. The van der Waals surface area contributed by atoms with Crippen molar-refractivity contribution in [3.05, 3.63) is 35.4 Å². The maximum atomic E-state index is 12.2. The van der Waals surface area contributed by atoms with Gasteiger partial charge in [0.2, 0.25) is 0 Å². The molecule has 1 aromatic heterocycles. The fourth-order valence-electron chi connectivity index (χ4n) is 3.28. The van der Waals surface area contributed by atoms with Crippen LogP contribution < -0.4 is 9.62 Å². The van der Waals surface area contributed by atoms with Crippen molar-refractivity contribution in [2.24, 2.45) is 5.41 Å².